The van der Waals surface area contributed by atoms with E-state index < -0.39 is 4.92 Å². The number of carbonyl (C=O) groups is 1. The summed E-state index contributed by atoms with van der Waals surface area (Å²) in [6.45, 7) is 3.59. The number of rotatable bonds is 4. The second-order valence-electron chi connectivity index (χ2n) is 6.73. The number of fused-ring (bicyclic) bond motifs is 1. The molecule has 1 amide bonds. The molecule has 0 aliphatic carbocycles. The van der Waals surface area contributed by atoms with Crippen LogP contribution in [0, 0.1) is 24.0 Å². The lowest BCUT2D eigenvalue weighted by Crippen LogP contribution is -2.12. The van der Waals surface area contributed by atoms with Crippen molar-refractivity contribution in [2.24, 2.45) is 0 Å². The predicted octanol–water partition coefficient (Wildman–Crippen LogP) is 5.27. The predicted molar refractivity (Wildman–Crippen MR) is 110 cm³/mol. The van der Waals surface area contributed by atoms with Gasteiger partial charge in [-0.3, -0.25) is 14.9 Å². The fourth-order valence-corrected chi connectivity index (χ4v) is 3.14. The SMILES string of the molecule is Cc1ccccc1-c1nc2cc(NC(=O)c3ccc([N+](=O)[O-])c(C)c3)ccc2o1. The molecular weight excluding hydrogens is 370 g/mol. The first-order chi connectivity index (χ1) is 13.9. The van der Waals surface area contributed by atoms with Crippen molar-refractivity contribution in [2.75, 3.05) is 5.32 Å². The number of nitro groups is 1. The Morgan fingerprint density at radius 2 is 1.83 bits per heavy atom. The zero-order chi connectivity index (χ0) is 20.5. The highest BCUT2D eigenvalue weighted by Crippen LogP contribution is 2.28. The Labute approximate surface area is 166 Å². The number of aromatic nitrogens is 1. The van der Waals surface area contributed by atoms with Crippen LogP contribution < -0.4 is 5.32 Å². The Hall–Kier alpha value is -4.00. The third-order valence-electron chi connectivity index (χ3n) is 4.68. The molecule has 0 saturated heterocycles. The average molecular weight is 387 g/mol. The van der Waals surface area contributed by atoms with E-state index in [9.17, 15) is 14.9 Å². The van der Waals surface area contributed by atoms with Crippen molar-refractivity contribution in [1.82, 2.24) is 4.98 Å². The van der Waals surface area contributed by atoms with Crippen LogP contribution >= 0.6 is 0 Å². The number of nitro benzene ring substituents is 1. The van der Waals surface area contributed by atoms with E-state index in [1.165, 1.54) is 18.2 Å². The van der Waals surface area contributed by atoms with Gasteiger partial charge in [-0.25, -0.2) is 4.98 Å². The van der Waals surface area contributed by atoms with Gasteiger partial charge < -0.3 is 9.73 Å². The maximum absolute atomic E-state index is 12.5. The van der Waals surface area contributed by atoms with Gasteiger partial charge in [0.05, 0.1) is 4.92 Å². The molecule has 0 unspecified atom stereocenters. The van der Waals surface area contributed by atoms with Crippen LogP contribution in [0.25, 0.3) is 22.6 Å². The van der Waals surface area contributed by atoms with Gasteiger partial charge in [0.1, 0.15) is 5.52 Å². The molecule has 0 saturated carbocycles. The number of hydrogen-bond donors (Lipinski definition) is 1. The zero-order valence-corrected chi connectivity index (χ0v) is 15.8. The zero-order valence-electron chi connectivity index (χ0n) is 15.8. The third kappa shape index (κ3) is 3.58. The molecule has 7 nitrogen and oxygen atoms in total. The maximum Gasteiger partial charge on any atom is 0.272 e. The summed E-state index contributed by atoms with van der Waals surface area (Å²) in [5, 5.41) is 13.7. The lowest BCUT2D eigenvalue weighted by atomic mass is 10.1. The average Bonchev–Trinajstić information content (AvgIpc) is 3.11. The van der Waals surface area contributed by atoms with Crippen molar-refractivity contribution >= 4 is 28.4 Å². The number of amides is 1. The number of benzene rings is 3. The summed E-state index contributed by atoms with van der Waals surface area (Å²) >= 11 is 0. The Kier molecular flexibility index (Phi) is 4.56. The number of nitrogens with one attached hydrogen (secondary N) is 1. The van der Waals surface area contributed by atoms with Crippen LogP contribution in [0.4, 0.5) is 11.4 Å². The molecule has 4 rings (SSSR count). The number of hydrogen-bond acceptors (Lipinski definition) is 5. The number of oxazole rings is 1. The van der Waals surface area contributed by atoms with Crippen molar-refractivity contribution in [2.45, 2.75) is 13.8 Å². The van der Waals surface area contributed by atoms with Crippen molar-refractivity contribution in [3.05, 3.63) is 87.5 Å². The van der Waals surface area contributed by atoms with Gasteiger partial charge in [0.2, 0.25) is 5.89 Å². The smallest absolute Gasteiger partial charge is 0.272 e. The van der Waals surface area contributed by atoms with E-state index in [0.29, 0.717) is 33.8 Å². The number of nitrogens with zero attached hydrogens (tertiary/aromatic N) is 2. The summed E-state index contributed by atoms with van der Waals surface area (Å²) in [6.07, 6.45) is 0. The standard InChI is InChI=1S/C22H17N3O4/c1-13-5-3-4-6-17(13)22-24-18-12-16(8-10-20(18)29-22)23-21(26)15-7-9-19(25(27)28)14(2)11-15/h3-12H,1-2H3,(H,23,26). The summed E-state index contributed by atoms with van der Waals surface area (Å²) in [4.78, 5) is 27.5. The minimum absolute atomic E-state index is 0.0192. The van der Waals surface area contributed by atoms with Gasteiger partial charge in [0.15, 0.2) is 5.58 Å². The first kappa shape index (κ1) is 18.4. The molecule has 0 aliphatic heterocycles. The molecule has 0 aliphatic rings. The van der Waals surface area contributed by atoms with E-state index in [0.717, 1.165) is 11.1 Å². The number of carbonyl (C=O) groups excluding carboxylic acids is 1. The summed E-state index contributed by atoms with van der Waals surface area (Å²) in [5.74, 6) is 0.164. The molecule has 0 fully saturated rings. The minimum atomic E-state index is -0.471. The van der Waals surface area contributed by atoms with E-state index in [4.69, 9.17) is 4.42 Å². The molecule has 4 aromatic rings. The fourth-order valence-electron chi connectivity index (χ4n) is 3.14. The van der Waals surface area contributed by atoms with Crippen LogP contribution in [-0.4, -0.2) is 15.8 Å². The van der Waals surface area contributed by atoms with Crippen molar-refractivity contribution in [3.63, 3.8) is 0 Å². The molecule has 7 heteroatoms. The first-order valence-corrected chi connectivity index (χ1v) is 8.95. The van der Waals surface area contributed by atoms with Gasteiger partial charge in [-0.15, -0.1) is 0 Å². The fraction of sp³-hybridized carbons (Fsp3) is 0.0909. The molecule has 0 atom stereocenters. The number of aryl methyl sites for hydroxylation is 2. The van der Waals surface area contributed by atoms with E-state index in [1.54, 1.807) is 25.1 Å². The van der Waals surface area contributed by atoms with Crippen molar-refractivity contribution in [1.29, 1.82) is 0 Å². The Morgan fingerprint density at radius 1 is 1.03 bits per heavy atom. The van der Waals surface area contributed by atoms with Crippen LogP contribution in [0.5, 0.6) is 0 Å². The summed E-state index contributed by atoms with van der Waals surface area (Å²) < 4.78 is 5.84. The molecule has 0 radical (unpaired) electrons. The number of anilines is 1. The summed E-state index contributed by atoms with van der Waals surface area (Å²) in [5.41, 5.74) is 4.52. The quantitative estimate of drug-likeness (QED) is 0.380. The lowest BCUT2D eigenvalue weighted by molar-refractivity contribution is -0.385. The summed E-state index contributed by atoms with van der Waals surface area (Å²) in [6, 6.07) is 17.3. The van der Waals surface area contributed by atoms with Gasteiger partial charge in [-0.1, -0.05) is 18.2 Å². The monoisotopic (exact) mass is 387 g/mol. The third-order valence-corrected chi connectivity index (χ3v) is 4.68. The minimum Gasteiger partial charge on any atom is -0.436 e. The maximum atomic E-state index is 12.5. The molecule has 0 spiro atoms. The lowest BCUT2D eigenvalue weighted by Gasteiger charge is -2.06. The van der Waals surface area contributed by atoms with Gasteiger partial charge >= 0.3 is 0 Å². The largest absolute Gasteiger partial charge is 0.436 e. The van der Waals surface area contributed by atoms with Gasteiger partial charge in [0, 0.05) is 28.4 Å². The normalized spacial score (nSPS) is 10.8. The van der Waals surface area contributed by atoms with Crippen LogP contribution in [0.1, 0.15) is 21.5 Å². The van der Waals surface area contributed by atoms with Gasteiger partial charge in [-0.05, 0) is 55.8 Å². The second-order valence-corrected chi connectivity index (χ2v) is 6.73. The Morgan fingerprint density at radius 3 is 2.55 bits per heavy atom. The topological polar surface area (TPSA) is 98.3 Å². The van der Waals surface area contributed by atoms with E-state index >= 15 is 0 Å². The van der Waals surface area contributed by atoms with E-state index in [-0.39, 0.29) is 11.6 Å². The van der Waals surface area contributed by atoms with E-state index in [2.05, 4.69) is 10.3 Å². The van der Waals surface area contributed by atoms with Crippen LogP contribution in [0.2, 0.25) is 0 Å². The van der Waals surface area contributed by atoms with Crippen molar-refractivity contribution < 1.29 is 14.1 Å². The van der Waals surface area contributed by atoms with Crippen LogP contribution in [-0.2, 0) is 0 Å². The molecule has 1 N–H and O–H groups in total. The Balaban J connectivity index is 1.60. The van der Waals surface area contributed by atoms with E-state index in [1.807, 2.05) is 31.2 Å². The Bertz CT molecular complexity index is 1260. The highest BCUT2D eigenvalue weighted by molar-refractivity contribution is 6.05. The molecule has 1 heterocycles. The summed E-state index contributed by atoms with van der Waals surface area (Å²) in [7, 11) is 0. The van der Waals surface area contributed by atoms with Gasteiger partial charge in [0.25, 0.3) is 11.6 Å². The first-order valence-electron chi connectivity index (χ1n) is 8.95. The molecule has 29 heavy (non-hydrogen) atoms. The highest BCUT2D eigenvalue weighted by atomic mass is 16.6. The molecule has 144 valence electrons. The van der Waals surface area contributed by atoms with Crippen LogP contribution in [0.3, 0.4) is 0 Å². The molecular formula is C22H17N3O4. The van der Waals surface area contributed by atoms with Crippen molar-refractivity contribution in [3.8, 4) is 11.5 Å². The van der Waals surface area contributed by atoms with Gasteiger partial charge in [-0.2, -0.15) is 0 Å². The second kappa shape index (κ2) is 7.20. The molecule has 1 aromatic heterocycles. The van der Waals surface area contributed by atoms with Crippen LogP contribution in [0.15, 0.2) is 65.1 Å². The highest BCUT2D eigenvalue weighted by Gasteiger charge is 2.15. The molecule has 3 aromatic carbocycles. The molecule has 0 bridgehead atoms.